The number of nitrogens with zero attached hydrogens (tertiary/aromatic N) is 7. The van der Waals surface area contributed by atoms with Crippen molar-refractivity contribution in [2.45, 2.75) is 406 Å². The molecule has 0 unspecified atom stereocenters. The summed E-state index contributed by atoms with van der Waals surface area (Å²) in [4.78, 5) is 176. The maximum Gasteiger partial charge on any atom is 1.00 e. The maximum atomic E-state index is 12.6. The van der Waals surface area contributed by atoms with Crippen LogP contribution in [0.5, 0.6) is 0 Å². The van der Waals surface area contributed by atoms with Crippen LogP contribution in [0.25, 0.3) is 0 Å². The number of hydrogen-bond donors (Lipinski definition) is 5. The van der Waals surface area contributed by atoms with Crippen LogP contribution < -0.4 is 24.2 Å². The second-order valence-electron chi connectivity index (χ2n) is 47.9. The molecule has 39 heteroatoms. The fraction of sp³-hybridized carbons (Fsp3) is 0.745. The van der Waals surface area contributed by atoms with Crippen LogP contribution in [-0.4, -0.2) is 296 Å². The Kier molecular flexibility index (Phi) is 46.9. The number of amides is 10. The number of carbonyl (C=O) groups excluding carboxylic acids is 12. The quantitative estimate of drug-likeness (QED) is 0.0838. The third kappa shape index (κ3) is 41.1. The van der Waals surface area contributed by atoms with Crippen molar-refractivity contribution in [3.05, 3.63) is 71.8 Å². The van der Waals surface area contributed by atoms with Gasteiger partial charge in [0.05, 0.1) is 56.2 Å². The van der Waals surface area contributed by atoms with Gasteiger partial charge < -0.3 is 98.8 Å². The first-order valence-electron chi connectivity index (χ1n) is 47.5. The molecule has 12 rings (SSSR count). The van der Waals surface area contributed by atoms with Gasteiger partial charge in [-0.2, -0.15) is 0 Å². The summed E-state index contributed by atoms with van der Waals surface area (Å²) in [6.45, 7) is 66.5. The summed E-state index contributed by atoms with van der Waals surface area (Å²) in [5.41, 5.74) is -4.30. The smallest absolute Gasteiger partial charge is 0.870 e. The molecule has 38 nitrogen and oxygen atoms in total. The van der Waals surface area contributed by atoms with Crippen molar-refractivity contribution in [3.8, 4) is 0 Å². The summed E-state index contributed by atoms with van der Waals surface area (Å²) in [7, 11) is 1.71. The van der Waals surface area contributed by atoms with Gasteiger partial charge in [0.1, 0.15) is 76.8 Å². The second-order valence-corrected chi connectivity index (χ2v) is 47.9. The zero-order valence-corrected chi connectivity index (χ0v) is 91.0. The van der Waals surface area contributed by atoms with Gasteiger partial charge in [-0.1, -0.05) is 144 Å². The monoisotopic (exact) mass is 1990 g/mol. The summed E-state index contributed by atoms with van der Waals surface area (Å²) >= 11 is 0. The normalized spacial score (nSPS) is 23.5. The average molecular weight is 1990 g/mol. The first kappa shape index (κ1) is 130. The summed E-state index contributed by atoms with van der Waals surface area (Å²) in [5, 5.41) is 38.5. The molecular formula is C102H169LiN8O30. The number of rotatable bonds is 10. The van der Waals surface area contributed by atoms with Crippen LogP contribution >= 0.6 is 0 Å². The molecule has 10 heterocycles. The Bertz CT molecular complexity index is 4510. The Balaban J connectivity index is 0.000000809. The van der Waals surface area contributed by atoms with Gasteiger partial charge in [0.25, 0.3) is 0 Å². The molecule has 0 radical (unpaired) electrons. The Morgan fingerprint density at radius 1 is 0.404 bits per heavy atom. The maximum absolute atomic E-state index is 12.6. The van der Waals surface area contributed by atoms with Crippen molar-refractivity contribution in [2.24, 2.45) is 32.5 Å². The van der Waals surface area contributed by atoms with E-state index in [1.165, 1.54) is 9.80 Å². The molecule has 798 valence electrons. The molecule has 10 saturated heterocycles. The third-order valence-corrected chi connectivity index (χ3v) is 23.3. The molecule has 8 N–H and O–H groups in total. The van der Waals surface area contributed by atoms with Gasteiger partial charge in [0.2, 0.25) is 29.5 Å². The van der Waals surface area contributed by atoms with Crippen LogP contribution in [0.2, 0.25) is 0 Å². The van der Waals surface area contributed by atoms with E-state index in [-0.39, 0.29) is 144 Å². The van der Waals surface area contributed by atoms with Crippen molar-refractivity contribution >= 4 is 83.9 Å². The predicted octanol–water partition coefficient (Wildman–Crippen LogP) is 11.6. The molecule has 141 heavy (non-hydrogen) atoms. The van der Waals surface area contributed by atoms with E-state index < -0.39 is 123 Å². The average Bonchev–Trinajstić information content (AvgIpc) is 1.57. The zero-order chi connectivity index (χ0) is 106. The van der Waals surface area contributed by atoms with Crippen LogP contribution in [0.1, 0.15) is 311 Å². The Morgan fingerprint density at radius 3 is 1.09 bits per heavy atom. The van der Waals surface area contributed by atoms with E-state index >= 15 is 0 Å². The first-order chi connectivity index (χ1) is 62.5. The number of aliphatic hydroxyl groups is 2. The Morgan fingerprint density at radius 2 is 0.738 bits per heavy atom. The van der Waals surface area contributed by atoms with Crippen molar-refractivity contribution in [2.75, 3.05) is 53.2 Å². The van der Waals surface area contributed by atoms with Gasteiger partial charge in [-0.15, -0.1) is 0 Å². The van der Waals surface area contributed by atoms with Crippen molar-refractivity contribution < 1.29 is 165 Å². The van der Waals surface area contributed by atoms with Gasteiger partial charge in [-0.3, -0.25) is 33.8 Å². The predicted molar refractivity (Wildman–Crippen MR) is 520 cm³/mol. The number of carboxylic acid groups (broad SMARTS) is 2. The van der Waals surface area contributed by atoms with E-state index in [2.05, 4.69) is 19.2 Å². The number of imide groups is 2. The summed E-state index contributed by atoms with van der Waals surface area (Å²) in [5.74, 6) is -3.54. The molecule has 0 bridgehead atoms. The molecular weight excluding hydrogens is 1820 g/mol. The first-order valence-corrected chi connectivity index (χ1v) is 47.5. The number of hydrogen-bond acceptors (Lipinski definition) is 27. The third-order valence-electron chi connectivity index (χ3n) is 23.3. The number of carboxylic acids is 2. The van der Waals surface area contributed by atoms with Crippen molar-refractivity contribution in [1.82, 2.24) is 39.6 Å². The van der Waals surface area contributed by atoms with E-state index in [0.717, 1.165) is 48.3 Å². The summed E-state index contributed by atoms with van der Waals surface area (Å²) < 4.78 is 53.1. The number of likely N-dealkylation sites (tertiary alicyclic amines) is 5. The van der Waals surface area contributed by atoms with Gasteiger partial charge >= 0.3 is 73.2 Å². The van der Waals surface area contributed by atoms with Crippen LogP contribution in [0, 0.1) is 32.5 Å². The van der Waals surface area contributed by atoms with Crippen LogP contribution in [0.3, 0.4) is 0 Å². The van der Waals surface area contributed by atoms with Crippen molar-refractivity contribution in [3.63, 3.8) is 0 Å². The van der Waals surface area contributed by atoms with Crippen molar-refractivity contribution in [1.29, 1.82) is 0 Å². The molecule has 0 saturated carbocycles. The van der Waals surface area contributed by atoms with E-state index in [9.17, 15) is 72.2 Å². The summed E-state index contributed by atoms with van der Waals surface area (Å²) in [6.07, 6.45) is 3.08. The molecule has 10 fully saturated rings. The fourth-order valence-corrected chi connectivity index (χ4v) is 16.7. The number of esters is 2. The van der Waals surface area contributed by atoms with Gasteiger partial charge in [0, 0.05) is 55.8 Å². The minimum absolute atomic E-state index is 0. The minimum Gasteiger partial charge on any atom is -0.870 e. The molecule has 0 aliphatic carbocycles. The van der Waals surface area contributed by atoms with E-state index in [0.29, 0.717) is 68.9 Å². The molecule has 8 atom stereocenters. The van der Waals surface area contributed by atoms with E-state index in [4.69, 9.17) is 62.7 Å². The second kappa shape index (κ2) is 51.0. The number of aliphatic hydroxyl groups excluding tert-OH is 2. The van der Waals surface area contributed by atoms with Gasteiger partial charge in [0.15, 0.2) is 0 Å². The number of ether oxygens (including phenoxy) is 10. The Hall–Kier alpha value is -9.26. The number of nitrogens with one attached hydrogen (secondary N) is 1. The zero-order valence-electron chi connectivity index (χ0n) is 91.0. The fourth-order valence-electron chi connectivity index (χ4n) is 16.7. The van der Waals surface area contributed by atoms with Crippen LogP contribution in [-0.2, 0) is 104 Å². The molecule has 0 spiro atoms. The number of benzene rings is 2. The molecule has 10 amide bonds. The number of aliphatic carboxylic acids is 2. The van der Waals surface area contributed by atoms with Crippen LogP contribution in [0.4, 0.5) is 24.0 Å². The largest absolute Gasteiger partial charge is 1.00 e. The molecule has 2 aromatic carbocycles. The standard InChI is InChI=1S/C19H25NO5.C19H27NO4.C12H19NO5.C12H21NO4.C12H23NO3.C10H17NO2.C8H13NO2.C5H9NO2.C5H12O.Li.2H2O/c1-18(2,3)25-17(23)20-14(11-19(4,5)16(20)22)15(21)24-12-13-9-7-6-8-10-13;1-18(2,3)24-17(22)20-13-19(4,5)11-15(20)16(21)23-12-14-9-7-6-8-10-14;1-11(2,3)18-10(17)13-7(8(14)15)6-12(4,5)9(13)16;1-11(2,3)17-10(16)13-7-12(4,5)6-8(13)9(14)15;1-11(2,3)16-10(15)13-8-12(4,5)6-9(13)7-14;1-9(2)5-7-6-13-10(3,4)11(7)8(9)12;1-8(2)9-6(5-11-8)3-4-7(9)10;7-3-4-1-2-5(8)6-4;1-5(2,3)6-4;;;/h6-10,14H,11-12H2,1-5H3;6-10,15H,11-13H2,1-5H3;7H,6H2,1-5H3,(H,14,15);8H,6-7H2,1-5H3,(H,14,15);9,14H,6-8H2,1-5H3;7H,5-6H2,1-4H3;6H,3-5H2,1-2H3;4,7H,1-3H2,(H,6,8);1-4H3;;2*1H2/q;;;;;;;;;+1;;/p-1/t14-;15-;7-;8-;9-;7-;6-;4-;;;;/m11111111..../s1. The van der Waals surface area contributed by atoms with Gasteiger partial charge in [-0.25, -0.2) is 53.0 Å². The molecule has 10 aliphatic heterocycles. The van der Waals surface area contributed by atoms with E-state index in [1.54, 1.807) is 102 Å². The topological polar surface area (TPSA) is 508 Å². The Labute approximate surface area is 847 Å². The number of fused-ring (bicyclic) bond motifs is 2. The van der Waals surface area contributed by atoms with E-state index in [1.807, 2.05) is 202 Å². The number of carbonyl (C=O) groups is 14. The summed E-state index contributed by atoms with van der Waals surface area (Å²) in [6, 6.07) is 15.8. The minimum atomic E-state index is -1.19. The number of methoxy groups -OCH3 is 1. The van der Waals surface area contributed by atoms with Crippen LogP contribution in [0.15, 0.2) is 60.7 Å². The molecule has 10 aliphatic rings. The van der Waals surface area contributed by atoms with Gasteiger partial charge in [-0.05, 0) is 231 Å². The SMILES string of the molecule is CC(C)(C)OC(=O)N1C(=O)C(C)(C)C[C@@H]1C(=O)O.CC(C)(C)OC(=O)N1C(=O)C(C)(C)C[C@@H]1C(=O)OCc1ccccc1.CC1(C)C[C@@H]2COC(C)(C)N2C1=O.CC1(C)C[C@H](C(=O)O)N(C(=O)OC(C)(C)C)C1.CC1(C)C[C@H](C(=O)OCc2ccccc2)N(C(=O)OC(C)(C)C)C1.CC1(C)C[C@H](CO)N(C(=O)OC(C)(C)C)C1.CC1(C)OC[C@H]2CCC(=O)N21.COC(C)(C)C.O.O=C1CC[C@H](CO)N1.[Li+].[OH-]. The molecule has 2 aromatic rings. The molecule has 0 aromatic heterocycles.